The molecule has 0 unspecified atom stereocenters. The Morgan fingerprint density at radius 3 is 2.24 bits per heavy atom. The average molecular weight is 241 g/mol. The summed E-state index contributed by atoms with van der Waals surface area (Å²) in [4.78, 5) is 2.52. The van der Waals surface area contributed by atoms with Crippen LogP contribution in [0, 0.1) is 0 Å². The molecule has 3 heteroatoms. The Morgan fingerprint density at radius 2 is 1.59 bits per heavy atom. The highest BCUT2D eigenvalue weighted by molar-refractivity contribution is 4.76. The minimum Gasteiger partial charge on any atom is -0.396 e. The molecule has 100 valence electrons. The molecule has 1 N–H and O–H groups in total. The summed E-state index contributed by atoms with van der Waals surface area (Å²) in [6.45, 7) is 3.85. The van der Waals surface area contributed by atoms with Crippen LogP contribution in [-0.2, 0) is 4.74 Å². The second-order valence-corrected chi connectivity index (χ2v) is 5.51. The fourth-order valence-corrected chi connectivity index (χ4v) is 3.01. The third-order valence-electron chi connectivity index (χ3n) is 4.10. The molecule has 1 aliphatic heterocycles. The lowest BCUT2D eigenvalue weighted by Crippen LogP contribution is -2.38. The van der Waals surface area contributed by atoms with Crippen LogP contribution in [0.25, 0.3) is 0 Å². The summed E-state index contributed by atoms with van der Waals surface area (Å²) < 4.78 is 6.16. The molecule has 2 aliphatic rings. The van der Waals surface area contributed by atoms with E-state index in [-0.39, 0.29) is 0 Å². The van der Waals surface area contributed by atoms with E-state index in [1.807, 2.05) is 0 Å². The molecule has 3 nitrogen and oxygen atoms in total. The van der Waals surface area contributed by atoms with Gasteiger partial charge in [0, 0.05) is 19.7 Å². The number of rotatable bonds is 6. The molecule has 0 amide bonds. The summed E-state index contributed by atoms with van der Waals surface area (Å²) >= 11 is 0. The van der Waals surface area contributed by atoms with E-state index in [1.165, 1.54) is 51.6 Å². The molecule has 17 heavy (non-hydrogen) atoms. The first-order chi connectivity index (χ1) is 8.38. The molecule has 1 saturated carbocycles. The van der Waals surface area contributed by atoms with Crippen LogP contribution in [0.5, 0.6) is 0 Å². The molecule has 1 aliphatic carbocycles. The number of unbranched alkanes of at least 4 members (excludes halogenated alkanes) is 1. The fourth-order valence-electron chi connectivity index (χ4n) is 3.01. The highest BCUT2D eigenvalue weighted by Gasteiger charge is 2.24. The Labute approximate surface area is 105 Å². The van der Waals surface area contributed by atoms with E-state index in [1.54, 1.807) is 0 Å². The lowest BCUT2D eigenvalue weighted by atomic mass is 10.1. The first-order valence-corrected chi connectivity index (χ1v) is 7.37. The van der Waals surface area contributed by atoms with Gasteiger partial charge in [-0.25, -0.2) is 0 Å². The number of hydrogen-bond acceptors (Lipinski definition) is 3. The zero-order valence-electron chi connectivity index (χ0n) is 10.9. The zero-order chi connectivity index (χ0) is 11.9. The first kappa shape index (κ1) is 13.3. The van der Waals surface area contributed by atoms with Crippen molar-refractivity contribution in [2.24, 2.45) is 0 Å². The molecule has 0 bridgehead atoms. The Morgan fingerprint density at radius 1 is 0.941 bits per heavy atom. The van der Waals surface area contributed by atoms with Crippen LogP contribution in [0.3, 0.4) is 0 Å². The maximum absolute atomic E-state index is 8.76. The van der Waals surface area contributed by atoms with Crippen LogP contribution in [0.2, 0.25) is 0 Å². The van der Waals surface area contributed by atoms with Crippen LogP contribution in [0.4, 0.5) is 0 Å². The van der Waals surface area contributed by atoms with Gasteiger partial charge < -0.3 is 14.7 Å². The van der Waals surface area contributed by atoms with Crippen molar-refractivity contribution in [3.8, 4) is 0 Å². The molecule has 0 aromatic rings. The van der Waals surface area contributed by atoms with Crippen LogP contribution in [0.15, 0.2) is 0 Å². The van der Waals surface area contributed by atoms with Crippen LogP contribution in [-0.4, -0.2) is 48.5 Å². The first-order valence-electron chi connectivity index (χ1n) is 7.37. The molecule has 2 fully saturated rings. The molecule has 1 saturated heterocycles. The van der Waals surface area contributed by atoms with Gasteiger partial charge in [-0.05, 0) is 45.1 Å². The van der Waals surface area contributed by atoms with Crippen molar-refractivity contribution in [2.45, 2.75) is 63.6 Å². The Kier molecular flexibility index (Phi) is 5.75. The second-order valence-electron chi connectivity index (χ2n) is 5.51. The van der Waals surface area contributed by atoms with Gasteiger partial charge in [0.15, 0.2) is 0 Å². The van der Waals surface area contributed by atoms with Crippen molar-refractivity contribution in [1.29, 1.82) is 0 Å². The SMILES string of the molecule is OCCCCN1CCC(OC2CCCC2)CC1. The minimum absolute atomic E-state index is 0.335. The summed E-state index contributed by atoms with van der Waals surface area (Å²) in [7, 11) is 0. The molecule has 0 atom stereocenters. The van der Waals surface area contributed by atoms with Gasteiger partial charge in [-0.15, -0.1) is 0 Å². The van der Waals surface area contributed by atoms with Crippen molar-refractivity contribution >= 4 is 0 Å². The minimum atomic E-state index is 0.335. The molecule has 2 rings (SSSR count). The van der Waals surface area contributed by atoms with Gasteiger partial charge in [0.25, 0.3) is 0 Å². The van der Waals surface area contributed by atoms with Gasteiger partial charge in [0.05, 0.1) is 12.2 Å². The second kappa shape index (κ2) is 7.34. The van der Waals surface area contributed by atoms with Gasteiger partial charge >= 0.3 is 0 Å². The van der Waals surface area contributed by atoms with Crippen molar-refractivity contribution < 1.29 is 9.84 Å². The summed E-state index contributed by atoms with van der Waals surface area (Å²) in [6, 6.07) is 0. The maximum Gasteiger partial charge on any atom is 0.0603 e. The summed E-state index contributed by atoms with van der Waals surface area (Å²) in [6.07, 6.45) is 10.9. The molecule has 1 heterocycles. The van der Waals surface area contributed by atoms with Gasteiger partial charge in [-0.2, -0.15) is 0 Å². The number of ether oxygens (including phenoxy) is 1. The lowest BCUT2D eigenvalue weighted by molar-refractivity contribution is -0.0391. The summed E-state index contributed by atoms with van der Waals surface area (Å²) in [5.74, 6) is 0. The van der Waals surface area contributed by atoms with E-state index < -0.39 is 0 Å². The predicted molar refractivity (Wildman–Crippen MR) is 69.1 cm³/mol. The van der Waals surface area contributed by atoms with Crippen LogP contribution >= 0.6 is 0 Å². The van der Waals surface area contributed by atoms with E-state index in [9.17, 15) is 0 Å². The number of likely N-dealkylation sites (tertiary alicyclic amines) is 1. The number of aliphatic hydroxyl groups excluding tert-OH is 1. The van der Waals surface area contributed by atoms with Crippen molar-refractivity contribution in [3.05, 3.63) is 0 Å². The van der Waals surface area contributed by atoms with E-state index in [4.69, 9.17) is 9.84 Å². The largest absolute Gasteiger partial charge is 0.396 e. The van der Waals surface area contributed by atoms with E-state index in [2.05, 4.69) is 4.90 Å². The van der Waals surface area contributed by atoms with Gasteiger partial charge in [0.1, 0.15) is 0 Å². The molecule has 0 radical (unpaired) electrons. The van der Waals surface area contributed by atoms with Crippen molar-refractivity contribution in [1.82, 2.24) is 4.90 Å². The van der Waals surface area contributed by atoms with Gasteiger partial charge in [0.2, 0.25) is 0 Å². The third kappa shape index (κ3) is 4.57. The Balaban J connectivity index is 1.57. The number of hydrogen-bond donors (Lipinski definition) is 1. The molecular formula is C14H27NO2. The molecule has 0 spiro atoms. The van der Waals surface area contributed by atoms with Gasteiger partial charge in [-0.1, -0.05) is 12.8 Å². The number of nitrogens with zero attached hydrogens (tertiary/aromatic N) is 1. The van der Waals surface area contributed by atoms with Crippen LogP contribution < -0.4 is 0 Å². The number of aliphatic hydroxyl groups is 1. The highest BCUT2D eigenvalue weighted by atomic mass is 16.5. The fraction of sp³-hybridized carbons (Fsp3) is 1.00. The number of piperidine rings is 1. The highest BCUT2D eigenvalue weighted by Crippen LogP contribution is 2.25. The normalized spacial score (nSPS) is 24.5. The molecular weight excluding hydrogens is 214 g/mol. The van der Waals surface area contributed by atoms with E-state index in [0.29, 0.717) is 18.8 Å². The zero-order valence-corrected chi connectivity index (χ0v) is 10.9. The van der Waals surface area contributed by atoms with E-state index in [0.717, 1.165) is 19.4 Å². The van der Waals surface area contributed by atoms with Crippen molar-refractivity contribution in [3.63, 3.8) is 0 Å². The molecule has 0 aromatic heterocycles. The Hall–Kier alpha value is -0.120. The van der Waals surface area contributed by atoms with Gasteiger partial charge in [-0.3, -0.25) is 0 Å². The quantitative estimate of drug-likeness (QED) is 0.724. The van der Waals surface area contributed by atoms with Crippen molar-refractivity contribution in [2.75, 3.05) is 26.2 Å². The standard InChI is InChI=1S/C14H27NO2/c16-12-4-3-9-15-10-7-14(8-11-15)17-13-5-1-2-6-13/h13-14,16H,1-12H2. The topological polar surface area (TPSA) is 32.7 Å². The van der Waals surface area contributed by atoms with E-state index >= 15 is 0 Å². The Bertz CT molecular complexity index is 196. The lowest BCUT2D eigenvalue weighted by Gasteiger charge is -2.33. The summed E-state index contributed by atoms with van der Waals surface area (Å²) in [5, 5.41) is 8.76. The smallest absolute Gasteiger partial charge is 0.0603 e. The summed E-state index contributed by atoms with van der Waals surface area (Å²) in [5.41, 5.74) is 0. The third-order valence-corrected chi connectivity index (χ3v) is 4.10. The maximum atomic E-state index is 8.76. The average Bonchev–Trinajstić information content (AvgIpc) is 2.85. The predicted octanol–water partition coefficient (Wildman–Crippen LogP) is 2.18. The molecule has 0 aromatic carbocycles. The van der Waals surface area contributed by atoms with Crippen LogP contribution in [0.1, 0.15) is 51.4 Å². The monoisotopic (exact) mass is 241 g/mol.